The van der Waals surface area contributed by atoms with Crippen LogP contribution in [0.15, 0.2) is 18.2 Å². The van der Waals surface area contributed by atoms with Crippen molar-refractivity contribution in [2.24, 2.45) is 0 Å². The SMILES string of the molecule is CN(C)c1nc(N)nc(-c2ccc(Cl)c(Cl)c2)n1. The maximum Gasteiger partial charge on any atom is 0.230 e. The molecule has 94 valence electrons. The Morgan fingerprint density at radius 3 is 2.39 bits per heavy atom. The molecule has 0 atom stereocenters. The van der Waals surface area contributed by atoms with Gasteiger partial charge in [0.05, 0.1) is 10.0 Å². The van der Waals surface area contributed by atoms with Crippen molar-refractivity contribution in [3.05, 3.63) is 28.2 Å². The van der Waals surface area contributed by atoms with Gasteiger partial charge in [-0.05, 0) is 18.2 Å². The summed E-state index contributed by atoms with van der Waals surface area (Å²) >= 11 is 11.8. The first-order valence-corrected chi connectivity index (χ1v) is 5.87. The molecule has 0 amide bonds. The second-order valence-electron chi connectivity index (χ2n) is 3.84. The largest absolute Gasteiger partial charge is 0.368 e. The molecule has 0 fully saturated rings. The van der Waals surface area contributed by atoms with Crippen LogP contribution in [0.5, 0.6) is 0 Å². The molecule has 2 N–H and O–H groups in total. The molecular weight excluding hydrogens is 273 g/mol. The minimum Gasteiger partial charge on any atom is -0.368 e. The zero-order valence-corrected chi connectivity index (χ0v) is 11.4. The van der Waals surface area contributed by atoms with Gasteiger partial charge in [-0.3, -0.25) is 0 Å². The van der Waals surface area contributed by atoms with Crippen LogP contribution in [0.2, 0.25) is 10.0 Å². The van der Waals surface area contributed by atoms with Gasteiger partial charge in [-0.2, -0.15) is 15.0 Å². The van der Waals surface area contributed by atoms with E-state index in [1.54, 1.807) is 23.1 Å². The fourth-order valence-electron chi connectivity index (χ4n) is 1.34. The number of halogens is 2. The average molecular weight is 284 g/mol. The molecule has 0 aliphatic rings. The number of hydrogen-bond acceptors (Lipinski definition) is 5. The molecule has 5 nitrogen and oxygen atoms in total. The lowest BCUT2D eigenvalue weighted by Crippen LogP contribution is -2.15. The van der Waals surface area contributed by atoms with Crippen molar-refractivity contribution in [2.75, 3.05) is 24.7 Å². The lowest BCUT2D eigenvalue weighted by atomic mass is 10.2. The molecule has 0 aliphatic heterocycles. The number of aromatic nitrogens is 3. The highest BCUT2D eigenvalue weighted by atomic mass is 35.5. The highest BCUT2D eigenvalue weighted by Crippen LogP contribution is 2.27. The van der Waals surface area contributed by atoms with Crippen LogP contribution in [0.25, 0.3) is 11.4 Å². The second kappa shape index (κ2) is 4.96. The summed E-state index contributed by atoms with van der Waals surface area (Å²) < 4.78 is 0. The van der Waals surface area contributed by atoms with Crippen LogP contribution in [0.4, 0.5) is 11.9 Å². The second-order valence-corrected chi connectivity index (χ2v) is 4.65. The summed E-state index contributed by atoms with van der Waals surface area (Å²) in [6.07, 6.45) is 0. The first-order chi connectivity index (χ1) is 8.47. The van der Waals surface area contributed by atoms with Crippen LogP contribution in [0.3, 0.4) is 0 Å². The van der Waals surface area contributed by atoms with Crippen molar-refractivity contribution in [3.8, 4) is 11.4 Å². The molecule has 0 unspecified atom stereocenters. The van der Waals surface area contributed by atoms with Gasteiger partial charge >= 0.3 is 0 Å². The Morgan fingerprint density at radius 2 is 1.78 bits per heavy atom. The highest BCUT2D eigenvalue weighted by molar-refractivity contribution is 6.42. The van der Waals surface area contributed by atoms with Crippen LogP contribution < -0.4 is 10.6 Å². The van der Waals surface area contributed by atoms with Crippen molar-refractivity contribution in [3.63, 3.8) is 0 Å². The fraction of sp³-hybridized carbons (Fsp3) is 0.182. The quantitative estimate of drug-likeness (QED) is 0.917. The van der Waals surface area contributed by atoms with E-state index in [1.165, 1.54) is 0 Å². The van der Waals surface area contributed by atoms with Gasteiger partial charge in [0, 0.05) is 19.7 Å². The van der Waals surface area contributed by atoms with E-state index in [1.807, 2.05) is 14.1 Å². The van der Waals surface area contributed by atoms with Crippen LogP contribution in [0, 0.1) is 0 Å². The predicted octanol–water partition coefficient (Wildman–Crippen LogP) is 2.49. The van der Waals surface area contributed by atoms with Gasteiger partial charge in [-0.25, -0.2) is 0 Å². The van der Waals surface area contributed by atoms with Crippen LogP contribution in [-0.4, -0.2) is 29.0 Å². The highest BCUT2D eigenvalue weighted by Gasteiger charge is 2.09. The zero-order valence-electron chi connectivity index (χ0n) is 9.85. The minimum atomic E-state index is 0.162. The van der Waals surface area contributed by atoms with Crippen molar-refractivity contribution in [2.45, 2.75) is 0 Å². The lowest BCUT2D eigenvalue weighted by Gasteiger charge is -2.11. The summed E-state index contributed by atoms with van der Waals surface area (Å²) in [4.78, 5) is 14.2. The van der Waals surface area contributed by atoms with Crippen molar-refractivity contribution in [1.82, 2.24) is 15.0 Å². The Morgan fingerprint density at radius 1 is 1.06 bits per heavy atom. The molecule has 1 aromatic carbocycles. The maximum atomic E-state index is 5.96. The monoisotopic (exact) mass is 283 g/mol. The van der Waals surface area contributed by atoms with E-state index < -0.39 is 0 Å². The number of rotatable bonds is 2. The van der Waals surface area contributed by atoms with Crippen molar-refractivity contribution < 1.29 is 0 Å². The van der Waals surface area contributed by atoms with Gasteiger partial charge < -0.3 is 10.6 Å². The topological polar surface area (TPSA) is 67.9 Å². The van der Waals surface area contributed by atoms with Gasteiger partial charge in [0.1, 0.15) is 0 Å². The summed E-state index contributed by atoms with van der Waals surface area (Å²) in [5, 5.41) is 0.926. The van der Waals surface area contributed by atoms with E-state index in [9.17, 15) is 0 Å². The molecule has 0 bridgehead atoms. The molecule has 1 heterocycles. The number of benzene rings is 1. The average Bonchev–Trinajstić information content (AvgIpc) is 2.31. The van der Waals surface area contributed by atoms with E-state index in [0.29, 0.717) is 21.8 Å². The normalized spacial score (nSPS) is 10.4. The lowest BCUT2D eigenvalue weighted by molar-refractivity contribution is 0.970. The molecule has 0 spiro atoms. The molecule has 7 heteroatoms. The van der Waals surface area contributed by atoms with Gasteiger partial charge in [-0.15, -0.1) is 0 Å². The molecule has 18 heavy (non-hydrogen) atoms. The summed E-state index contributed by atoms with van der Waals surface area (Å²) in [7, 11) is 3.65. The minimum absolute atomic E-state index is 0.162. The Hall–Kier alpha value is -1.59. The zero-order chi connectivity index (χ0) is 13.3. The van der Waals surface area contributed by atoms with Gasteiger partial charge in [-0.1, -0.05) is 23.2 Å². The number of hydrogen-bond donors (Lipinski definition) is 1. The van der Waals surface area contributed by atoms with Gasteiger partial charge in [0.2, 0.25) is 11.9 Å². The summed E-state index contributed by atoms with van der Waals surface area (Å²) in [6, 6.07) is 5.16. The Bertz CT molecular complexity index is 586. The number of anilines is 2. The van der Waals surface area contributed by atoms with Gasteiger partial charge in [0.25, 0.3) is 0 Å². The molecule has 0 saturated carbocycles. The summed E-state index contributed by atoms with van der Waals surface area (Å²) in [6.45, 7) is 0. The molecule has 0 aliphatic carbocycles. The van der Waals surface area contributed by atoms with E-state index in [-0.39, 0.29) is 5.95 Å². The van der Waals surface area contributed by atoms with E-state index in [4.69, 9.17) is 28.9 Å². The molecule has 1 aromatic heterocycles. The van der Waals surface area contributed by atoms with Gasteiger partial charge in [0.15, 0.2) is 5.82 Å². The summed E-state index contributed by atoms with van der Waals surface area (Å²) in [5.74, 6) is 1.11. The Balaban J connectivity index is 2.53. The maximum absolute atomic E-state index is 5.96. The van der Waals surface area contributed by atoms with Crippen LogP contribution >= 0.6 is 23.2 Å². The molecule has 2 aromatic rings. The third kappa shape index (κ3) is 2.63. The van der Waals surface area contributed by atoms with Crippen LogP contribution in [0.1, 0.15) is 0 Å². The van der Waals surface area contributed by atoms with E-state index in [0.717, 1.165) is 5.56 Å². The fourth-order valence-corrected chi connectivity index (χ4v) is 1.64. The first-order valence-electron chi connectivity index (χ1n) is 5.11. The third-order valence-electron chi connectivity index (χ3n) is 2.22. The van der Waals surface area contributed by atoms with Crippen molar-refractivity contribution >= 4 is 35.1 Å². The Kier molecular flexibility index (Phi) is 3.54. The number of nitrogens with two attached hydrogens (primary N) is 1. The first kappa shape index (κ1) is 12.9. The number of nitrogens with zero attached hydrogens (tertiary/aromatic N) is 4. The number of nitrogen functional groups attached to an aromatic ring is 1. The Labute approximate surface area is 115 Å². The van der Waals surface area contributed by atoms with Crippen molar-refractivity contribution in [1.29, 1.82) is 0 Å². The molecule has 2 rings (SSSR count). The smallest absolute Gasteiger partial charge is 0.230 e. The molecular formula is C11H11Cl2N5. The third-order valence-corrected chi connectivity index (χ3v) is 2.96. The molecule has 0 radical (unpaired) electrons. The van der Waals surface area contributed by atoms with Crippen LogP contribution in [-0.2, 0) is 0 Å². The van der Waals surface area contributed by atoms with E-state index >= 15 is 0 Å². The standard InChI is InChI=1S/C11H11Cl2N5/c1-18(2)11-16-9(15-10(14)17-11)6-3-4-7(12)8(13)5-6/h3-5H,1-2H3,(H2,14,15,16,17). The molecule has 0 saturated heterocycles. The summed E-state index contributed by atoms with van der Waals surface area (Å²) in [5.41, 5.74) is 6.39. The predicted molar refractivity (Wildman–Crippen MR) is 74.0 cm³/mol. The van der Waals surface area contributed by atoms with E-state index in [2.05, 4.69) is 15.0 Å².